The third kappa shape index (κ3) is 5.36. The minimum absolute atomic E-state index is 0.115. The van der Waals surface area contributed by atoms with Crippen molar-refractivity contribution in [2.24, 2.45) is 17.8 Å². The molecule has 1 atom stereocenters. The average molecular weight is 389 g/mol. The van der Waals surface area contributed by atoms with Gasteiger partial charge in [-0.1, -0.05) is 83.8 Å². The number of halogens is 1. The maximum atomic E-state index is 15.0. The molecule has 1 aliphatic heterocycles. The summed E-state index contributed by atoms with van der Waals surface area (Å²) < 4.78 is 20.4. The van der Waals surface area contributed by atoms with E-state index in [1.165, 1.54) is 51.4 Å². The van der Waals surface area contributed by atoms with E-state index in [4.69, 9.17) is 4.74 Å². The summed E-state index contributed by atoms with van der Waals surface area (Å²) in [4.78, 5) is 12.2. The third-order valence-corrected chi connectivity index (χ3v) is 6.90. The summed E-state index contributed by atoms with van der Waals surface area (Å²) in [6, 6.07) is 3.90. The van der Waals surface area contributed by atoms with Crippen LogP contribution in [0.5, 0.6) is 5.75 Å². The zero-order valence-electron chi connectivity index (χ0n) is 17.8. The van der Waals surface area contributed by atoms with Crippen molar-refractivity contribution in [3.8, 4) is 5.75 Å². The van der Waals surface area contributed by atoms with E-state index in [1.54, 1.807) is 0 Å². The van der Waals surface area contributed by atoms with Gasteiger partial charge in [-0.2, -0.15) is 0 Å². The zero-order chi connectivity index (χ0) is 19.9. The molecule has 0 radical (unpaired) electrons. The van der Waals surface area contributed by atoms with Crippen LogP contribution in [-0.4, -0.2) is 5.97 Å². The van der Waals surface area contributed by atoms with Gasteiger partial charge < -0.3 is 4.74 Å². The molecule has 156 valence electrons. The number of aryl methyl sites for hydroxylation is 1. The number of ether oxygens (including phenoxy) is 1. The van der Waals surface area contributed by atoms with Crippen LogP contribution >= 0.6 is 0 Å². The summed E-state index contributed by atoms with van der Waals surface area (Å²) in [6.45, 7) is 4.33. The second-order valence-electron chi connectivity index (χ2n) is 9.06. The summed E-state index contributed by atoms with van der Waals surface area (Å²) in [5.74, 6) is 1.17. The highest BCUT2D eigenvalue weighted by molar-refractivity contribution is 5.78. The molecule has 2 aliphatic rings. The van der Waals surface area contributed by atoms with E-state index in [0.717, 1.165) is 37.2 Å². The fourth-order valence-corrected chi connectivity index (χ4v) is 5.05. The predicted octanol–water partition coefficient (Wildman–Crippen LogP) is 7.02. The molecule has 1 aliphatic carbocycles. The molecule has 1 unspecified atom stereocenters. The van der Waals surface area contributed by atoms with Crippen LogP contribution in [0.4, 0.5) is 4.39 Å². The second-order valence-corrected chi connectivity index (χ2v) is 9.06. The highest BCUT2D eigenvalue weighted by Crippen LogP contribution is 2.37. The van der Waals surface area contributed by atoms with E-state index < -0.39 is 0 Å². The molecular formula is C25H37FO2. The molecule has 1 fully saturated rings. The first-order chi connectivity index (χ1) is 13.6. The number of hydrogen-bond acceptors (Lipinski definition) is 2. The molecule has 1 aromatic carbocycles. The minimum atomic E-state index is -0.297. The minimum Gasteiger partial charge on any atom is -0.423 e. The number of fused-ring (bicyclic) bond motifs is 1. The van der Waals surface area contributed by atoms with E-state index in [-0.39, 0.29) is 23.5 Å². The third-order valence-electron chi connectivity index (χ3n) is 6.90. The largest absolute Gasteiger partial charge is 0.423 e. The molecule has 1 aromatic rings. The molecule has 28 heavy (non-hydrogen) atoms. The summed E-state index contributed by atoms with van der Waals surface area (Å²) in [6.07, 6.45) is 14.9. The molecule has 0 spiro atoms. The summed E-state index contributed by atoms with van der Waals surface area (Å²) >= 11 is 0. The molecule has 1 heterocycles. The number of esters is 1. The molecule has 0 aromatic heterocycles. The van der Waals surface area contributed by atoms with Gasteiger partial charge in [0.15, 0.2) is 11.6 Å². The maximum absolute atomic E-state index is 15.0. The van der Waals surface area contributed by atoms with Gasteiger partial charge in [0.25, 0.3) is 0 Å². The van der Waals surface area contributed by atoms with Gasteiger partial charge in [0.1, 0.15) is 0 Å². The number of rotatable bonds is 9. The predicted molar refractivity (Wildman–Crippen MR) is 112 cm³/mol. The Kier molecular flexibility index (Phi) is 7.93. The summed E-state index contributed by atoms with van der Waals surface area (Å²) in [7, 11) is 0. The molecule has 0 N–H and O–H groups in total. The van der Waals surface area contributed by atoms with E-state index in [2.05, 4.69) is 13.8 Å². The van der Waals surface area contributed by atoms with Gasteiger partial charge in [-0.25, -0.2) is 4.39 Å². The van der Waals surface area contributed by atoms with Crippen molar-refractivity contribution in [2.45, 2.75) is 97.3 Å². The molecule has 0 amide bonds. The van der Waals surface area contributed by atoms with Crippen molar-refractivity contribution in [2.75, 3.05) is 0 Å². The lowest BCUT2D eigenvalue weighted by atomic mass is 9.77. The average Bonchev–Trinajstić information content (AvgIpc) is 2.70. The maximum Gasteiger partial charge on any atom is 0.314 e. The monoisotopic (exact) mass is 388 g/mol. The normalized spacial score (nSPS) is 24.7. The van der Waals surface area contributed by atoms with Crippen LogP contribution in [0.2, 0.25) is 0 Å². The molecule has 2 nitrogen and oxygen atoms in total. The SMILES string of the molecule is CCCCCC1CCC(CCc2ccc3c(c2F)OC(=O)C(CCC)C3)CC1. The Morgan fingerprint density at radius 1 is 0.964 bits per heavy atom. The first kappa shape index (κ1) is 21.3. The Labute approximate surface area is 170 Å². The lowest BCUT2D eigenvalue weighted by Gasteiger charge is -2.29. The lowest BCUT2D eigenvalue weighted by Crippen LogP contribution is -2.28. The van der Waals surface area contributed by atoms with Crippen LogP contribution in [0.15, 0.2) is 12.1 Å². The van der Waals surface area contributed by atoms with Gasteiger partial charge in [-0.15, -0.1) is 0 Å². The van der Waals surface area contributed by atoms with Crippen molar-refractivity contribution in [1.82, 2.24) is 0 Å². The van der Waals surface area contributed by atoms with Crippen molar-refractivity contribution >= 4 is 5.97 Å². The molecule has 3 heteroatoms. The van der Waals surface area contributed by atoms with Gasteiger partial charge in [0.05, 0.1) is 5.92 Å². The van der Waals surface area contributed by atoms with Crippen molar-refractivity contribution < 1.29 is 13.9 Å². The van der Waals surface area contributed by atoms with Gasteiger partial charge in [-0.05, 0) is 48.6 Å². The summed E-state index contributed by atoms with van der Waals surface area (Å²) in [5.41, 5.74) is 1.57. The van der Waals surface area contributed by atoms with Crippen molar-refractivity contribution in [1.29, 1.82) is 0 Å². The lowest BCUT2D eigenvalue weighted by molar-refractivity contribution is -0.140. The quantitative estimate of drug-likeness (QED) is 0.258. The van der Waals surface area contributed by atoms with Crippen LogP contribution in [0.1, 0.15) is 95.6 Å². The van der Waals surface area contributed by atoms with E-state index in [1.807, 2.05) is 12.1 Å². The van der Waals surface area contributed by atoms with Crippen LogP contribution in [-0.2, 0) is 17.6 Å². The molecule has 3 rings (SSSR count). The van der Waals surface area contributed by atoms with Gasteiger partial charge in [0, 0.05) is 0 Å². The van der Waals surface area contributed by atoms with Crippen LogP contribution in [0.3, 0.4) is 0 Å². The van der Waals surface area contributed by atoms with E-state index in [9.17, 15) is 9.18 Å². The second kappa shape index (κ2) is 10.4. The Hall–Kier alpha value is -1.38. The van der Waals surface area contributed by atoms with Crippen molar-refractivity contribution in [3.63, 3.8) is 0 Å². The Balaban J connectivity index is 1.51. The van der Waals surface area contributed by atoms with Crippen LogP contribution in [0, 0.1) is 23.6 Å². The first-order valence-corrected chi connectivity index (χ1v) is 11.6. The number of carbonyl (C=O) groups excluding carboxylic acids is 1. The number of benzene rings is 1. The topological polar surface area (TPSA) is 26.3 Å². The Morgan fingerprint density at radius 2 is 1.68 bits per heavy atom. The van der Waals surface area contributed by atoms with Crippen molar-refractivity contribution in [3.05, 3.63) is 29.1 Å². The van der Waals surface area contributed by atoms with Crippen LogP contribution in [0.25, 0.3) is 0 Å². The highest BCUT2D eigenvalue weighted by Gasteiger charge is 2.30. The summed E-state index contributed by atoms with van der Waals surface area (Å²) in [5, 5.41) is 0. The Morgan fingerprint density at radius 3 is 2.36 bits per heavy atom. The number of unbranched alkanes of at least 4 members (excludes halogenated alkanes) is 2. The standard InChI is InChI=1S/C25H37FO2/c1-3-5-6-8-18-9-11-19(12-10-18)13-14-20-15-16-21-17-22(7-4-2)25(27)28-24(21)23(20)26/h15-16,18-19,22H,3-14,17H2,1-2H3. The molecule has 0 bridgehead atoms. The highest BCUT2D eigenvalue weighted by atomic mass is 19.1. The number of carbonyl (C=O) groups is 1. The smallest absolute Gasteiger partial charge is 0.314 e. The Bertz CT molecular complexity index is 646. The van der Waals surface area contributed by atoms with E-state index in [0.29, 0.717) is 17.9 Å². The fourth-order valence-electron chi connectivity index (χ4n) is 5.05. The van der Waals surface area contributed by atoms with Crippen LogP contribution < -0.4 is 4.74 Å². The molecule has 1 saturated carbocycles. The molecule has 0 saturated heterocycles. The van der Waals surface area contributed by atoms with Gasteiger partial charge >= 0.3 is 5.97 Å². The van der Waals surface area contributed by atoms with E-state index >= 15 is 0 Å². The molecular weight excluding hydrogens is 351 g/mol. The fraction of sp³-hybridized carbons (Fsp3) is 0.720. The van der Waals surface area contributed by atoms with Gasteiger partial charge in [0.2, 0.25) is 0 Å². The zero-order valence-corrected chi connectivity index (χ0v) is 17.8. The van der Waals surface area contributed by atoms with Gasteiger partial charge in [-0.3, -0.25) is 4.79 Å². The number of hydrogen-bond donors (Lipinski definition) is 0. The first-order valence-electron chi connectivity index (χ1n) is 11.6.